The molecule has 1 aliphatic rings. The van der Waals surface area contributed by atoms with Gasteiger partial charge in [0.1, 0.15) is 17.7 Å². The number of aromatic nitrogens is 3. The molecule has 3 aromatic rings. The van der Waals surface area contributed by atoms with Gasteiger partial charge < -0.3 is 10.1 Å². The van der Waals surface area contributed by atoms with Crippen molar-refractivity contribution >= 4 is 23.2 Å². The molecule has 8 heteroatoms. The lowest BCUT2D eigenvalue weighted by Gasteiger charge is -2.22. The summed E-state index contributed by atoms with van der Waals surface area (Å²) in [6.45, 7) is 3.79. The highest BCUT2D eigenvalue weighted by Gasteiger charge is 2.19. The Labute approximate surface area is 178 Å². The first-order valence-electron chi connectivity index (χ1n) is 9.53. The van der Waals surface area contributed by atoms with Crippen molar-refractivity contribution in [1.29, 1.82) is 0 Å². The Hall–Kier alpha value is -2.15. The number of hydrogen-bond acceptors (Lipinski definition) is 4. The van der Waals surface area contributed by atoms with Crippen LogP contribution in [0.15, 0.2) is 43.0 Å². The fourth-order valence-electron chi connectivity index (χ4n) is 3.58. The molecule has 0 radical (unpaired) electrons. The van der Waals surface area contributed by atoms with E-state index in [0.717, 1.165) is 37.1 Å². The molecule has 1 fully saturated rings. The zero-order valence-corrected chi connectivity index (χ0v) is 17.4. The zero-order valence-electron chi connectivity index (χ0n) is 15.9. The van der Waals surface area contributed by atoms with Crippen LogP contribution in [0.4, 0.5) is 4.39 Å². The smallest absolute Gasteiger partial charge is 0.142 e. The molecule has 1 saturated heterocycles. The number of halogens is 3. The second kappa shape index (κ2) is 8.69. The van der Waals surface area contributed by atoms with Crippen molar-refractivity contribution in [3.8, 4) is 16.9 Å². The zero-order chi connectivity index (χ0) is 20.4. The predicted molar refractivity (Wildman–Crippen MR) is 112 cm³/mol. The van der Waals surface area contributed by atoms with Crippen LogP contribution >= 0.6 is 23.2 Å². The van der Waals surface area contributed by atoms with Crippen LogP contribution in [0.25, 0.3) is 11.1 Å². The maximum absolute atomic E-state index is 13.8. The monoisotopic (exact) mass is 434 g/mol. The van der Waals surface area contributed by atoms with Gasteiger partial charge >= 0.3 is 0 Å². The highest BCUT2D eigenvalue weighted by Crippen LogP contribution is 2.35. The highest BCUT2D eigenvalue weighted by molar-refractivity contribution is 6.36. The van der Waals surface area contributed by atoms with Gasteiger partial charge in [-0.15, -0.1) is 0 Å². The van der Waals surface area contributed by atoms with Gasteiger partial charge in [0.05, 0.1) is 23.5 Å². The van der Waals surface area contributed by atoms with E-state index in [0.29, 0.717) is 22.4 Å². The van der Waals surface area contributed by atoms with Gasteiger partial charge in [-0.05, 0) is 51.1 Å². The minimum Gasteiger partial charge on any atom is -0.484 e. The van der Waals surface area contributed by atoms with Crippen LogP contribution in [0.2, 0.25) is 10.0 Å². The molecule has 1 aromatic carbocycles. The van der Waals surface area contributed by atoms with Crippen molar-refractivity contribution in [3.63, 3.8) is 0 Å². The third-order valence-corrected chi connectivity index (χ3v) is 5.84. The first-order chi connectivity index (χ1) is 14.0. The minimum atomic E-state index is -0.541. The summed E-state index contributed by atoms with van der Waals surface area (Å²) in [7, 11) is 0. The van der Waals surface area contributed by atoms with Crippen LogP contribution < -0.4 is 10.1 Å². The summed E-state index contributed by atoms with van der Waals surface area (Å²) in [4.78, 5) is 4.28. The molecular weight excluding hydrogens is 414 g/mol. The van der Waals surface area contributed by atoms with E-state index < -0.39 is 11.9 Å². The molecule has 0 aliphatic carbocycles. The number of benzene rings is 1. The van der Waals surface area contributed by atoms with Crippen LogP contribution in [0, 0.1) is 5.82 Å². The summed E-state index contributed by atoms with van der Waals surface area (Å²) in [6, 6.07) is 5.01. The average Bonchev–Trinajstić information content (AvgIpc) is 3.22. The third-order valence-electron chi connectivity index (χ3n) is 5.13. The van der Waals surface area contributed by atoms with Crippen molar-refractivity contribution in [2.24, 2.45) is 0 Å². The molecule has 152 valence electrons. The van der Waals surface area contributed by atoms with Crippen molar-refractivity contribution in [3.05, 3.63) is 64.4 Å². The van der Waals surface area contributed by atoms with E-state index >= 15 is 0 Å². The number of hydrogen-bond donors (Lipinski definition) is 1. The van der Waals surface area contributed by atoms with Gasteiger partial charge in [-0.25, -0.2) is 4.39 Å². The van der Waals surface area contributed by atoms with Crippen molar-refractivity contribution in [1.82, 2.24) is 20.1 Å². The van der Waals surface area contributed by atoms with E-state index in [2.05, 4.69) is 15.4 Å². The molecular formula is C21H21Cl2FN4O. The summed E-state index contributed by atoms with van der Waals surface area (Å²) >= 11 is 12.3. The average molecular weight is 435 g/mol. The lowest BCUT2D eigenvalue weighted by atomic mass is 10.1. The molecule has 1 atom stereocenters. The number of ether oxygens (including phenoxy) is 1. The molecule has 0 bridgehead atoms. The fourth-order valence-corrected chi connectivity index (χ4v) is 4.26. The van der Waals surface area contributed by atoms with E-state index in [-0.39, 0.29) is 5.02 Å². The maximum Gasteiger partial charge on any atom is 0.142 e. The molecule has 0 amide bonds. The third kappa shape index (κ3) is 4.39. The molecule has 29 heavy (non-hydrogen) atoms. The van der Waals surface area contributed by atoms with Gasteiger partial charge in [-0.2, -0.15) is 5.10 Å². The van der Waals surface area contributed by atoms with E-state index in [1.165, 1.54) is 12.1 Å². The number of piperidine rings is 1. The number of rotatable bonds is 5. The van der Waals surface area contributed by atoms with E-state index in [1.807, 2.05) is 23.1 Å². The van der Waals surface area contributed by atoms with E-state index in [4.69, 9.17) is 27.9 Å². The maximum atomic E-state index is 13.8. The van der Waals surface area contributed by atoms with Gasteiger partial charge in [0.25, 0.3) is 0 Å². The van der Waals surface area contributed by atoms with E-state index in [1.54, 1.807) is 19.3 Å². The first-order valence-corrected chi connectivity index (χ1v) is 10.3. The highest BCUT2D eigenvalue weighted by atomic mass is 35.5. The summed E-state index contributed by atoms with van der Waals surface area (Å²) < 4.78 is 21.8. The van der Waals surface area contributed by atoms with Crippen LogP contribution in [-0.2, 0) is 0 Å². The molecule has 0 spiro atoms. The Morgan fingerprint density at radius 2 is 1.97 bits per heavy atom. The number of pyridine rings is 1. The lowest BCUT2D eigenvalue weighted by Crippen LogP contribution is -2.29. The molecule has 5 nitrogen and oxygen atoms in total. The molecule has 4 rings (SSSR count). The Balaban J connectivity index is 1.54. The van der Waals surface area contributed by atoms with Gasteiger partial charge in [0, 0.05) is 34.1 Å². The van der Waals surface area contributed by atoms with Crippen molar-refractivity contribution in [2.45, 2.75) is 31.9 Å². The van der Waals surface area contributed by atoms with Crippen LogP contribution in [0.3, 0.4) is 0 Å². The Kier molecular flexibility index (Phi) is 6.04. The molecule has 3 heterocycles. The van der Waals surface area contributed by atoms with Gasteiger partial charge in [0.15, 0.2) is 0 Å². The lowest BCUT2D eigenvalue weighted by molar-refractivity contribution is 0.226. The van der Waals surface area contributed by atoms with Gasteiger partial charge in [-0.1, -0.05) is 23.2 Å². The minimum absolute atomic E-state index is 0.0302. The standard InChI is InChI=1S/C21H21Cl2FN4O/c1-13(20-18(22)2-3-19(24)21(20)23)29-17-8-14(9-26-11-17)15-10-27-28(12-15)16-4-6-25-7-5-16/h2-3,8-13,16,25H,4-7H2,1H3/t13-/m1/s1. The summed E-state index contributed by atoms with van der Waals surface area (Å²) in [5, 5.41) is 8.22. The Morgan fingerprint density at radius 3 is 2.76 bits per heavy atom. The second-order valence-electron chi connectivity index (χ2n) is 7.12. The first kappa shape index (κ1) is 20.1. The summed E-state index contributed by atoms with van der Waals surface area (Å²) in [6.07, 6.45) is 8.85. The Bertz CT molecular complexity index is 1000. The topological polar surface area (TPSA) is 52.0 Å². The quantitative estimate of drug-likeness (QED) is 0.541. The largest absolute Gasteiger partial charge is 0.484 e. The van der Waals surface area contributed by atoms with Crippen molar-refractivity contribution in [2.75, 3.05) is 13.1 Å². The molecule has 1 N–H and O–H groups in total. The van der Waals surface area contributed by atoms with E-state index in [9.17, 15) is 4.39 Å². The summed E-state index contributed by atoms with van der Waals surface area (Å²) in [5.74, 6) is 0.0136. The fraction of sp³-hybridized carbons (Fsp3) is 0.333. The molecule has 0 unspecified atom stereocenters. The van der Waals surface area contributed by atoms with Crippen LogP contribution in [0.5, 0.6) is 5.75 Å². The molecule has 1 aliphatic heterocycles. The van der Waals surface area contributed by atoms with Crippen molar-refractivity contribution < 1.29 is 9.13 Å². The van der Waals surface area contributed by atoms with Crippen LogP contribution in [-0.4, -0.2) is 27.9 Å². The SMILES string of the molecule is C[C@@H](Oc1cncc(-c2cnn(C3CCNCC3)c2)c1)c1c(Cl)ccc(F)c1Cl. The number of nitrogens with one attached hydrogen (secondary N) is 1. The Morgan fingerprint density at radius 1 is 1.17 bits per heavy atom. The van der Waals surface area contributed by atoms with Gasteiger partial charge in [0.2, 0.25) is 0 Å². The predicted octanol–water partition coefficient (Wildman–Crippen LogP) is 5.46. The second-order valence-corrected chi connectivity index (χ2v) is 7.90. The van der Waals surface area contributed by atoms with Crippen LogP contribution in [0.1, 0.15) is 37.5 Å². The molecule has 0 saturated carbocycles. The number of nitrogens with zero attached hydrogens (tertiary/aromatic N) is 3. The van der Waals surface area contributed by atoms with Gasteiger partial charge in [-0.3, -0.25) is 9.67 Å². The summed E-state index contributed by atoms with van der Waals surface area (Å²) in [5.41, 5.74) is 2.28. The normalized spacial score (nSPS) is 16.0. The molecule has 2 aromatic heterocycles.